The highest BCUT2D eigenvalue weighted by Crippen LogP contribution is 2.29. The number of likely N-dealkylation sites (tertiary alicyclic amines) is 1. The molecule has 2 aromatic rings. The Hall–Kier alpha value is -1.36. The van der Waals surface area contributed by atoms with Crippen molar-refractivity contribution in [3.05, 3.63) is 69.2 Å². The Morgan fingerprint density at radius 2 is 1.80 bits per heavy atom. The van der Waals surface area contributed by atoms with Gasteiger partial charge in [0.05, 0.1) is 12.5 Å². The van der Waals surface area contributed by atoms with Crippen molar-refractivity contribution in [2.45, 2.75) is 25.3 Å². The molecule has 1 amide bonds. The first-order valence-electron chi connectivity index (χ1n) is 8.63. The fraction of sp³-hybridized carbons (Fsp3) is 0.350. The standard InChI is InChI=1S/C20H22BrClN2O/c21-16-9-7-15(8-10-16)13-20(25)23-14-19(24-11-3-4-12-24)17-5-1-2-6-18(17)22/h1-2,5-10,19H,3-4,11-14H2,(H,23,25). The van der Waals surface area contributed by atoms with E-state index < -0.39 is 0 Å². The quantitative estimate of drug-likeness (QED) is 0.739. The molecule has 25 heavy (non-hydrogen) atoms. The maximum absolute atomic E-state index is 12.4. The van der Waals surface area contributed by atoms with Crippen LogP contribution in [-0.4, -0.2) is 30.4 Å². The summed E-state index contributed by atoms with van der Waals surface area (Å²) < 4.78 is 1.02. The SMILES string of the molecule is O=C(Cc1ccc(Br)cc1)NCC(c1ccccc1Cl)N1CCCC1. The normalized spacial score (nSPS) is 15.9. The Kier molecular flexibility index (Phi) is 6.51. The summed E-state index contributed by atoms with van der Waals surface area (Å²) in [6.45, 7) is 2.69. The van der Waals surface area contributed by atoms with E-state index >= 15 is 0 Å². The van der Waals surface area contributed by atoms with Crippen molar-refractivity contribution in [2.75, 3.05) is 19.6 Å². The molecular formula is C20H22BrClN2O. The van der Waals surface area contributed by atoms with E-state index in [1.54, 1.807) is 0 Å². The van der Waals surface area contributed by atoms with Crippen molar-refractivity contribution in [3.63, 3.8) is 0 Å². The molecule has 1 aliphatic rings. The number of hydrogen-bond acceptors (Lipinski definition) is 2. The maximum atomic E-state index is 12.4. The van der Waals surface area contributed by atoms with Crippen LogP contribution in [0, 0.1) is 0 Å². The van der Waals surface area contributed by atoms with Crippen molar-refractivity contribution in [3.8, 4) is 0 Å². The molecular weight excluding hydrogens is 400 g/mol. The summed E-state index contributed by atoms with van der Waals surface area (Å²) in [7, 11) is 0. The van der Waals surface area contributed by atoms with E-state index in [-0.39, 0.29) is 11.9 Å². The zero-order valence-corrected chi connectivity index (χ0v) is 16.4. The van der Waals surface area contributed by atoms with Gasteiger partial charge in [-0.3, -0.25) is 9.69 Å². The van der Waals surface area contributed by atoms with Crippen LogP contribution in [0.3, 0.4) is 0 Å². The third kappa shape index (κ3) is 5.06. The van der Waals surface area contributed by atoms with E-state index in [9.17, 15) is 4.79 Å². The summed E-state index contributed by atoms with van der Waals surface area (Å²) in [5.74, 6) is 0.0403. The summed E-state index contributed by atoms with van der Waals surface area (Å²) in [6.07, 6.45) is 2.80. The molecule has 0 aromatic heterocycles. The van der Waals surface area contributed by atoms with Gasteiger partial charge in [-0.1, -0.05) is 57.9 Å². The van der Waals surface area contributed by atoms with Crippen LogP contribution in [-0.2, 0) is 11.2 Å². The van der Waals surface area contributed by atoms with Crippen molar-refractivity contribution in [2.24, 2.45) is 0 Å². The number of amides is 1. The minimum absolute atomic E-state index is 0.0403. The van der Waals surface area contributed by atoms with Crippen molar-refractivity contribution in [1.29, 1.82) is 0 Å². The fourth-order valence-corrected chi connectivity index (χ4v) is 3.82. The van der Waals surface area contributed by atoms with Crippen molar-refractivity contribution in [1.82, 2.24) is 10.2 Å². The fourth-order valence-electron chi connectivity index (χ4n) is 3.30. The van der Waals surface area contributed by atoms with Gasteiger partial charge in [-0.15, -0.1) is 0 Å². The summed E-state index contributed by atoms with van der Waals surface area (Å²) >= 11 is 9.83. The molecule has 1 heterocycles. The molecule has 0 saturated carbocycles. The molecule has 3 nitrogen and oxygen atoms in total. The predicted octanol–water partition coefficient (Wildman–Crippen LogP) is 4.60. The maximum Gasteiger partial charge on any atom is 0.224 e. The van der Waals surface area contributed by atoms with Crippen LogP contribution in [0.5, 0.6) is 0 Å². The average Bonchev–Trinajstić information content (AvgIpc) is 3.13. The van der Waals surface area contributed by atoms with Crippen molar-refractivity contribution < 1.29 is 4.79 Å². The van der Waals surface area contributed by atoms with Gasteiger partial charge in [-0.2, -0.15) is 0 Å². The average molecular weight is 422 g/mol. The summed E-state index contributed by atoms with van der Waals surface area (Å²) in [6, 6.07) is 15.9. The van der Waals surface area contributed by atoms with Gasteiger partial charge >= 0.3 is 0 Å². The second kappa shape index (κ2) is 8.84. The van der Waals surface area contributed by atoms with Gasteiger partial charge in [0.1, 0.15) is 0 Å². The molecule has 5 heteroatoms. The van der Waals surface area contributed by atoms with Gasteiger partial charge in [-0.25, -0.2) is 0 Å². The number of halogens is 2. The highest BCUT2D eigenvalue weighted by molar-refractivity contribution is 9.10. The lowest BCUT2D eigenvalue weighted by Gasteiger charge is -2.29. The first-order valence-corrected chi connectivity index (χ1v) is 9.80. The lowest BCUT2D eigenvalue weighted by molar-refractivity contribution is -0.120. The highest BCUT2D eigenvalue weighted by atomic mass is 79.9. The minimum atomic E-state index is 0.0403. The summed E-state index contributed by atoms with van der Waals surface area (Å²) in [4.78, 5) is 14.8. The van der Waals surface area contributed by atoms with Gasteiger partial charge < -0.3 is 5.32 Å². The van der Waals surface area contributed by atoms with Crippen LogP contribution in [0.4, 0.5) is 0 Å². The molecule has 2 aromatic carbocycles. The lowest BCUT2D eigenvalue weighted by Crippen LogP contribution is -2.37. The molecule has 0 spiro atoms. The molecule has 1 aliphatic heterocycles. The Morgan fingerprint density at radius 3 is 2.48 bits per heavy atom. The Morgan fingerprint density at radius 1 is 1.12 bits per heavy atom. The molecule has 0 radical (unpaired) electrons. The minimum Gasteiger partial charge on any atom is -0.354 e. The monoisotopic (exact) mass is 420 g/mol. The van der Waals surface area contributed by atoms with E-state index in [4.69, 9.17) is 11.6 Å². The number of carbonyl (C=O) groups excluding carboxylic acids is 1. The number of benzene rings is 2. The molecule has 1 N–H and O–H groups in total. The number of nitrogens with zero attached hydrogens (tertiary/aromatic N) is 1. The molecule has 132 valence electrons. The van der Waals surface area contributed by atoms with Crippen LogP contribution < -0.4 is 5.32 Å². The van der Waals surface area contributed by atoms with Gasteiger partial charge in [0, 0.05) is 16.0 Å². The van der Waals surface area contributed by atoms with Crippen LogP contribution in [0.25, 0.3) is 0 Å². The van der Waals surface area contributed by atoms with Gasteiger partial charge in [-0.05, 0) is 55.3 Å². The smallest absolute Gasteiger partial charge is 0.224 e. The number of rotatable bonds is 6. The Labute approximate surface area is 162 Å². The topological polar surface area (TPSA) is 32.3 Å². The zero-order valence-electron chi connectivity index (χ0n) is 14.1. The number of nitrogens with one attached hydrogen (secondary N) is 1. The largest absolute Gasteiger partial charge is 0.354 e. The Bertz CT molecular complexity index is 714. The third-order valence-corrected chi connectivity index (χ3v) is 5.49. The third-order valence-electron chi connectivity index (χ3n) is 4.62. The summed E-state index contributed by atoms with van der Waals surface area (Å²) in [5, 5.41) is 3.86. The van der Waals surface area contributed by atoms with Crippen LogP contribution in [0.1, 0.15) is 30.0 Å². The molecule has 3 rings (SSSR count). The highest BCUT2D eigenvalue weighted by Gasteiger charge is 2.25. The van der Waals surface area contributed by atoms with E-state index in [1.807, 2.05) is 42.5 Å². The molecule has 1 fully saturated rings. The first kappa shape index (κ1) is 18.4. The molecule has 0 bridgehead atoms. The van der Waals surface area contributed by atoms with Gasteiger partial charge in [0.2, 0.25) is 5.91 Å². The van der Waals surface area contributed by atoms with Crippen LogP contribution in [0.15, 0.2) is 53.0 Å². The first-order chi connectivity index (χ1) is 12.1. The van der Waals surface area contributed by atoms with E-state index in [1.165, 1.54) is 12.8 Å². The molecule has 0 aliphatic carbocycles. The van der Waals surface area contributed by atoms with Gasteiger partial charge in [0.25, 0.3) is 0 Å². The zero-order chi connectivity index (χ0) is 17.6. The molecule has 1 saturated heterocycles. The lowest BCUT2D eigenvalue weighted by atomic mass is 10.0. The number of carbonyl (C=O) groups is 1. The number of hydrogen-bond donors (Lipinski definition) is 1. The van der Waals surface area contributed by atoms with E-state index in [2.05, 4.69) is 32.2 Å². The predicted molar refractivity (Wildman–Crippen MR) is 106 cm³/mol. The van der Waals surface area contributed by atoms with E-state index in [0.717, 1.165) is 33.7 Å². The van der Waals surface area contributed by atoms with Crippen molar-refractivity contribution >= 4 is 33.4 Å². The van der Waals surface area contributed by atoms with Crippen LogP contribution >= 0.6 is 27.5 Å². The second-order valence-corrected chi connectivity index (χ2v) is 7.71. The second-order valence-electron chi connectivity index (χ2n) is 6.39. The summed E-state index contributed by atoms with van der Waals surface area (Å²) in [5.41, 5.74) is 2.10. The Balaban J connectivity index is 1.65. The van der Waals surface area contributed by atoms with Crippen LogP contribution in [0.2, 0.25) is 5.02 Å². The van der Waals surface area contributed by atoms with Gasteiger partial charge in [0.15, 0.2) is 0 Å². The van der Waals surface area contributed by atoms with E-state index in [0.29, 0.717) is 13.0 Å². The molecule has 1 atom stereocenters. The molecule has 1 unspecified atom stereocenters.